The summed E-state index contributed by atoms with van der Waals surface area (Å²) in [6.07, 6.45) is 5.52. The summed E-state index contributed by atoms with van der Waals surface area (Å²) in [4.78, 5) is 30.1. The second kappa shape index (κ2) is 12.4. The Morgan fingerprint density at radius 3 is 2.78 bits per heavy atom. The van der Waals surface area contributed by atoms with E-state index < -0.39 is 0 Å². The number of nitrogens with two attached hydrogens (primary N) is 1. The van der Waals surface area contributed by atoms with Crippen LogP contribution in [0.4, 0.5) is 5.69 Å². The van der Waals surface area contributed by atoms with Crippen LogP contribution in [0.1, 0.15) is 43.4 Å². The largest absolute Gasteiger partial charge is 0.383 e. The number of benzodiazepines with no additional fused rings is 1. The number of rotatable bonds is 9. The van der Waals surface area contributed by atoms with E-state index in [1.165, 1.54) is 5.56 Å². The van der Waals surface area contributed by atoms with Crippen molar-refractivity contribution in [3.8, 4) is 0 Å². The van der Waals surface area contributed by atoms with Gasteiger partial charge in [-0.05, 0) is 54.5 Å². The second-order valence-corrected chi connectivity index (χ2v) is 9.92. The van der Waals surface area contributed by atoms with Gasteiger partial charge < -0.3 is 21.7 Å². The van der Waals surface area contributed by atoms with E-state index in [4.69, 9.17) is 5.73 Å². The number of amidine groups is 1. The second-order valence-electron chi connectivity index (χ2n) is 9.92. The Kier molecular flexibility index (Phi) is 8.77. The highest BCUT2D eigenvalue weighted by molar-refractivity contribution is 6.03. The molecule has 37 heavy (non-hydrogen) atoms. The van der Waals surface area contributed by atoms with E-state index in [1.807, 2.05) is 62.4 Å². The quantitative estimate of drug-likeness (QED) is 0.421. The molecule has 2 aromatic carbocycles. The number of aliphatic imine (C=N–C) groups is 1. The fraction of sp³-hybridized carbons (Fsp3) is 0.367. The van der Waals surface area contributed by atoms with Gasteiger partial charge in [-0.2, -0.15) is 0 Å². The highest BCUT2D eigenvalue weighted by Gasteiger charge is 2.27. The predicted octanol–water partition coefficient (Wildman–Crippen LogP) is 3.71. The minimum Gasteiger partial charge on any atom is -0.383 e. The number of anilines is 1. The SMILES string of the molecule is CC1=CC=C(NCCc2ccccc2)C(=O)CC1C(C)CC(=O)NCc1ccc2c(c1)C(N)=NCCN2. The van der Waals surface area contributed by atoms with Gasteiger partial charge in [0.05, 0.1) is 12.2 Å². The zero-order valence-electron chi connectivity index (χ0n) is 21.7. The lowest BCUT2D eigenvalue weighted by Crippen LogP contribution is -2.29. The minimum atomic E-state index is -0.0270. The van der Waals surface area contributed by atoms with Gasteiger partial charge in [-0.3, -0.25) is 14.6 Å². The first-order valence-corrected chi connectivity index (χ1v) is 13.0. The lowest BCUT2D eigenvalue weighted by Gasteiger charge is -2.23. The van der Waals surface area contributed by atoms with Crippen molar-refractivity contribution in [2.75, 3.05) is 25.0 Å². The molecule has 194 valence electrons. The number of amides is 1. The van der Waals surface area contributed by atoms with Gasteiger partial charge in [-0.1, -0.05) is 55.0 Å². The third-order valence-electron chi connectivity index (χ3n) is 7.13. The van der Waals surface area contributed by atoms with E-state index >= 15 is 0 Å². The summed E-state index contributed by atoms with van der Waals surface area (Å²) < 4.78 is 0. The molecular weight excluding hydrogens is 462 g/mol. The monoisotopic (exact) mass is 499 g/mol. The smallest absolute Gasteiger partial charge is 0.220 e. The Balaban J connectivity index is 1.27. The van der Waals surface area contributed by atoms with Crippen molar-refractivity contribution in [1.29, 1.82) is 0 Å². The molecule has 0 fully saturated rings. The Morgan fingerprint density at radius 1 is 1.16 bits per heavy atom. The number of nitrogens with one attached hydrogen (secondary N) is 3. The summed E-state index contributed by atoms with van der Waals surface area (Å²) in [5.41, 5.74) is 11.9. The van der Waals surface area contributed by atoms with Crippen molar-refractivity contribution >= 4 is 23.2 Å². The van der Waals surface area contributed by atoms with Crippen LogP contribution in [-0.2, 0) is 22.6 Å². The molecule has 0 saturated heterocycles. The van der Waals surface area contributed by atoms with E-state index in [0.717, 1.165) is 35.4 Å². The number of Topliss-reactive ketones (excluding diaryl/α,β-unsaturated/α-hetero) is 1. The van der Waals surface area contributed by atoms with Crippen molar-refractivity contribution in [3.05, 3.63) is 88.6 Å². The van der Waals surface area contributed by atoms with Gasteiger partial charge in [-0.25, -0.2) is 0 Å². The topological polar surface area (TPSA) is 109 Å². The van der Waals surface area contributed by atoms with Crippen LogP contribution in [0.2, 0.25) is 0 Å². The standard InChI is InChI=1S/C30H37N5O2/c1-20-8-10-27(32-13-12-22-6-4-3-5-7-22)28(36)18-24(20)21(2)16-29(37)35-19-23-9-11-26-25(17-23)30(31)34-15-14-33-26/h3-11,17,21,24,32-33H,12-16,18-19H2,1-2H3,(H2,31,34)(H,35,37). The Bertz CT molecular complexity index is 1220. The molecule has 2 atom stereocenters. The van der Waals surface area contributed by atoms with Gasteiger partial charge in [0.2, 0.25) is 5.91 Å². The molecule has 2 aliphatic rings. The molecule has 1 aliphatic carbocycles. The van der Waals surface area contributed by atoms with Crippen LogP contribution in [0.25, 0.3) is 0 Å². The molecule has 7 nitrogen and oxygen atoms in total. The molecule has 0 bridgehead atoms. The van der Waals surface area contributed by atoms with Crippen LogP contribution in [-0.4, -0.2) is 37.2 Å². The summed E-state index contributed by atoms with van der Waals surface area (Å²) in [6.45, 7) is 6.61. The first kappa shape index (κ1) is 26.2. The summed E-state index contributed by atoms with van der Waals surface area (Å²) in [6, 6.07) is 16.2. The van der Waals surface area contributed by atoms with E-state index in [-0.39, 0.29) is 23.5 Å². The van der Waals surface area contributed by atoms with E-state index in [2.05, 4.69) is 33.1 Å². The van der Waals surface area contributed by atoms with Crippen LogP contribution < -0.4 is 21.7 Å². The predicted molar refractivity (Wildman–Crippen MR) is 149 cm³/mol. The average Bonchev–Trinajstić information content (AvgIpc) is 3.17. The van der Waals surface area contributed by atoms with Gasteiger partial charge >= 0.3 is 0 Å². The number of nitrogens with zero attached hydrogens (tertiary/aromatic N) is 1. The molecule has 0 aromatic heterocycles. The minimum absolute atomic E-state index is 0.0255. The van der Waals surface area contributed by atoms with Gasteiger partial charge in [-0.15, -0.1) is 0 Å². The summed E-state index contributed by atoms with van der Waals surface area (Å²) in [5, 5.41) is 9.67. The van der Waals surface area contributed by atoms with Crippen LogP contribution >= 0.6 is 0 Å². The Labute approximate surface area is 219 Å². The molecule has 1 amide bonds. The number of hydrogen-bond donors (Lipinski definition) is 4. The maximum Gasteiger partial charge on any atom is 0.220 e. The maximum atomic E-state index is 13.0. The fourth-order valence-corrected chi connectivity index (χ4v) is 4.92. The molecule has 5 N–H and O–H groups in total. The molecule has 1 aliphatic heterocycles. The Hall–Kier alpha value is -3.87. The highest BCUT2D eigenvalue weighted by atomic mass is 16.1. The molecule has 7 heteroatoms. The number of allylic oxidation sites excluding steroid dienone is 4. The molecule has 4 rings (SSSR count). The first-order valence-electron chi connectivity index (χ1n) is 13.0. The number of benzene rings is 2. The highest BCUT2D eigenvalue weighted by Crippen LogP contribution is 2.30. The molecule has 0 saturated carbocycles. The van der Waals surface area contributed by atoms with Crippen molar-refractivity contribution < 1.29 is 9.59 Å². The summed E-state index contributed by atoms with van der Waals surface area (Å²) in [7, 11) is 0. The van der Waals surface area contributed by atoms with E-state index in [0.29, 0.717) is 44.0 Å². The van der Waals surface area contributed by atoms with Crippen molar-refractivity contribution in [3.63, 3.8) is 0 Å². The van der Waals surface area contributed by atoms with Gasteiger partial charge in [0, 0.05) is 43.7 Å². The molecule has 1 heterocycles. The first-order chi connectivity index (χ1) is 17.9. The van der Waals surface area contributed by atoms with Crippen LogP contribution in [0, 0.1) is 11.8 Å². The third-order valence-corrected chi connectivity index (χ3v) is 7.13. The molecule has 2 unspecified atom stereocenters. The lowest BCUT2D eigenvalue weighted by molar-refractivity contribution is -0.123. The van der Waals surface area contributed by atoms with Crippen molar-refractivity contribution in [1.82, 2.24) is 10.6 Å². The van der Waals surface area contributed by atoms with Crippen molar-refractivity contribution in [2.24, 2.45) is 22.6 Å². The number of fused-ring (bicyclic) bond motifs is 1. The summed E-state index contributed by atoms with van der Waals surface area (Å²) >= 11 is 0. The van der Waals surface area contributed by atoms with Gasteiger partial charge in [0.15, 0.2) is 5.78 Å². The number of hydrogen-bond acceptors (Lipinski definition) is 6. The van der Waals surface area contributed by atoms with E-state index in [9.17, 15) is 9.59 Å². The zero-order chi connectivity index (χ0) is 26.2. The van der Waals surface area contributed by atoms with Gasteiger partial charge in [0.1, 0.15) is 5.84 Å². The maximum absolute atomic E-state index is 13.0. The Morgan fingerprint density at radius 2 is 1.97 bits per heavy atom. The molecular formula is C30H37N5O2. The zero-order valence-corrected chi connectivity index (χ0v) is 21.7. The van der Waals surface area contributed by atoms with Crippen LogP contribution in [0.15, 0.2) is 76.9 Å². The molecule has 0 spiro atoms. The summed E-state index contributed by atoms with van der Waals surface area (Å²) in [5.74, 6) is 0.649. The third kappa shape index (κ3) is 7.09. The average molecular weight is 500 g/mol. The van der Waals surface area contributed by atoms with Gasteiger partial charge in [0.25, 0.3) is 0 Å². The number of carbonyl (C=O) groups excluding carboxylic acids is 2. The lowest BCUT2D eigenvalue weighted by atomic mass is 9.82. The molecule has 2 aromatic rings. The fourth-order valence-electron chi connectivity index (χ4n) is 4.92. The number of carbonyl (C=O) groups is 2. The van der Waals surface area contributed by atoms with E-state index in [1.54, 1.807) is 0 Å². The molecule has 0 radical (unpaired) electrons. The van der Waals surface area contributed by atoms with Crippen molar-refractivity contribution in [2.45, 2.75) is 39.7 Å². The normalized spacial score (nSPS) is 18.2. The van der Waals surface area contributed by atoms with Crippen LogP contribution in [0.5, 0.6) is 0 Å². The van der Waals surface area contributed by atoms with Crippen LogP contribution in [0.3, 0.4) is 0 Å². The number of ketones is 1.